The first-order valence-corrected chi connectivity index (χ1v) is 60.5. The third-order valence-electron chi connectivity index (χ3n) is 14.1. The van der Waals surface area contributed by atoms with Crippen molar-refractivity contribution < 1.29 is 145 Å². The molecule has 0 aromatic heterocycles. The number of ketones is 11. The Morgan fingerprint density at radius 3 is 0.198 bits per heavy atom. The molecular formula is C77H154O33S11. The molecule has 726 valence electrons. The van der Waals surface area contributed by atoms with Crippen molar-refractivity contribution in [1.82, 2.24) is 0 Å². The van der Waals surface area contributed by atoms with Crippen molar-refractivity contribution in [3.8, 4) is 0 Å². The van der Waals surface area contributed by atoms with Crippen LogP contribution in [0.15, 0.2) is 0 Å². The Balaban J connectivity index is -0.000000122. The van der Waals surface area contributed by atoms with E-state index in [4.69, 9.17) is 0 Å². The van der Waals surface area contributed by atoms with Gasteiger partial charge in [-0.1, -0.05) is 76.2 Å². The van der Waals surface area contributed by atoms with Gasteiger partial charge in [0.05, 0.1) is 63.3 Å². The summed E-state index contributed by atoms with van der Waals surface area (Å²) in [5, 5.41) is 0. The number of Topliss-reactive ketones (excluding diaryl/α,β-unsaturated/α-hetero) is 11. The highest BCUT2D eigenvalue weighted by molar-refractivity contribution is 7.94. The summed E-state index contributed by atoms with van der Waals surface area (Å²) < 4.78 is 242. The maximum atomic E-state index is 11.0. The second kappa shape index (κ2) is 79.2. The molecule has 33 nitrogen and oxygen atoms in total. The van der Waals surface area contributed by atoms with Gasteiger partial charge in [-0.25, -0.2) is 92.6 Å². The average molecular weight is 1960 g/mol. The second-order valence-electron chi connectivity index (χ2n) is 28.6. The molecule has 0 bridgehead atoms. The van der Waals surface area contributed by atoms with E-state index < -0.39 is 108 Å². The Morgan fingerprint density at radius 2 is 0.165 bits per heavy atom. The van der Waals surface area contributed by atoms with Gasteiger partial charge in [0, 0.05) is 134 Å². The van der Waals surface area contributed by atoms with Gasteiger partial charge in [0.2, 0.25) is 0 Å². The molecule has 0 atom stereocenters. The predicted octanol–water partition coefficient (Wildman–Crippen LogP) is 8.69. The van der Waals surface area contributed by atoms with Gasteiger partial charge in [-0.05, 0) is 147 Å². The molecule has 0 rings (SSSR count). The summed E-state index contributed by atoms with van der Waals surface area (Å²) in [5.41, 5.74) is 0. The van der Waals surface area contributed by atoms with Crippen molar-refractivity contribution in [3.63, 3.8) is 0 Å². The monoisotopic (exact) mass is 1960 g/mol. The molecule has 0 heterocycles. The third kappa shape index (κ3) is 134. The normalized spacial score (nSPS) is 11.5. The van der Waals surface area contributed by atoms with Crippen LogP contribution >= 0.6 is 0 Å². The van der Waals surface area contributed by atoms with Gasteiger partial charge in [-0.15, -0.1) is 0 Å². The number of sulfone groups is 11. The molecule has 0 fully saturated rings. The summed E-state index contributed by atoms with van der Waals surface area (Å²) in [5.74, 6) is 1.54. The van der Waals surface area contributed by atoms with Crippen molar-refractivity contribution >= 4 is 172 Å². The highest BCUT2D eigenvalue weighted by atomic mass is 32.2. The Labute approximate surface area is 731 Å². The number of hydrogen-bond acceptors (Lipinski definition) is 33. The van der Waals surface area contributed by atoms with E-state index in [0.717, 1.165) is 0 Å². The maximum Gasteiger partial charge on any atom is 0.150 e. The minimum Gasteiger partial charge on any atom is -0.300 e. The fraction of sp³-hybridized carbons (Fsp3) is 0.857. The molecule has 0 N–H and O–H groups in total. The maximum absolute atomic E-state index is 11.0. The Kier molecular flexibility index (Phi) is 91.6. The van der Waals surface area contributed by atoms with Crippen molar-refractivity contribution in [2.45, 2.75) is 294 Å². The summed E-state index contributed by atoms with van der Waals surface area (Å²) in [4.78, 5) is 115. The molecule has 0 spiro atoms. The lowest BCUT2D eigenvalue weighted by atomic mass is 10.4. The fourth-order valence-corrected chi connectivity index (χ4v) is 23.5. The molecule has 0 amide bonds. The molecule has 0 aliphatic heterocycles. The summed E-state index contributed by atoms with van der Waals surface area (Å²) >= 11 is 0. The van der Waals surface area contributed by atoms with E-state index in [1.807, 2.05) is 76.2 Å². The van der Waals surface area contributed by atoms with Gasteiger partial charge in [0.15, 0.2) is 108 Å². The van der Waals surface area contributed by atoms with E-state index in [2.05, 4.69) is 0 Å². The SMILES string of the molecule is CCCS(=O)(=O)CCC(C)=O.CCCS(=O)(=O)CCC(C)=O.CCCS(=O)(=O)CCC(C)=O.CCCS(=O)(=O)CCC(C)=O.CCCS(=O)(=O)CCC(C)=O.CCCS(=O)(=O)CCC(C)=O.CCCS(=O)(=O)CCC(C)=O.CCCS(=O)(=O)CCC(C)=O.CCCS(=O)(=O)CCC(C)=O.CCCS(=O)(=O)CCC(C)=O.CCCS(=O)(=O)CCC(C)=O. The summed E-state index contributed by atoms with van der Waals surface area (Å²) in [7, 11) is -32.4. The van der Waals surface area contributed by atoms with Crippen LogP contribution in [0, 0.1) is 0 Å². The first kappa shape index (κ1) is 140. The standard InChI is InChI=1S/11C7H14O3S/c11*1-3-5-11(9,10)6-4-7(2)8/h11*3-6H2,1-2H3. The van der Waals surface area contributed by atoms with Gasteiger partial charge in [-0.3, -0.25) is 52.7 Å². The molecule has 0 saturated heterocycles. The van der Waals surface area contributed by atoms with Gasteiger partial charge in [0.1, 0.15) is 63.6 Å². The zero-order valence-corrected chi connectivity index (χ0v) is 85.6. The number of carbonyl (C=O) groups excluding carboxylic acids is 11. The zero-order chi connectivity index (χ0) is 98.0. The molecular weight excluding hydrogens is 1810 g/mol. The molecule has 0 aliphatic rings. The van der Waals surface area contributed by atoms with Crippen molar-refractivity contribution in [1.29, 1.82) is 0 Å². The van der Waals surface area contributed by atoms with Crippen molar-refractivity contribution in [3.05, 3.63) is 0 Å². The quantitative estimate of drug-likeness (QED) is 0.0549. The lowest BCUT2D eigenvalue weighted by Gasteiger charge is -1.98. The van der Waals surface area contributed by atoms with E-state index in [1.54, 1.807) is 0 Å². The van der Waals surface area contributed by atoms with Gasteiger partial charge < -0.3 is 0 Å². The summed E-state index contributed by atoms with van der Waals surface area (Å²) in [6, 6.07) is 0. The highest BCUT2D eigenvalue weighted by Gasteiger charge is 2.18. The topological polar surface area (TPSA) is 563 Å². The van der Waals surface area contributed by atoms with Crippen LogP contribution in [0.5, 0.6) is 0 Å². The Hall–Kier alpha value is -4.18. The Morgan fingerprint density at radius 1 is 0.116 bits per heavy atom. The molecule has 0 aliphatic carbocycles. The average Bonchev–Trinajstić information content (AvgIpc) is 1.03. The number of hydrogen-bond donors (Lipinski definition) is 0. The van der Waals surface area contributed by atoms with Crippen LogP contribution in [0.2, 0.25) is 0 Å². The minimum atomic E-state index is -2.95. The van der Waals surface area contributed by atoms with E-state index in [1.165, 1.54) is 76.2 Å². The lowest BCUT2D eigenvalue weighted by molar-refractivity contribution is -0.117. The largest absolute Gasteiger partial charge is 0.300 e. The smallest absolute Gasteiger partial charge is 0.150 e. The van der Waals surface area contributed by atoms with E-state index in [-0.39, 0.29) is 261 Å². The second-order valence-corrected chi connectivity index (χ2v) is 54.0. The van der Waals surface area contributed by atoms with Crippen LogP contribution < -0.4 is 0 Å². The number of carbonyl (C=O) groups is 11. The van der Waals surface area contributed by atoms with E-state index >= 15 is 0 Å². The van der Waals surface area contributed by atoms with E-state index in [9.17, 15) is 145 Å². The van der Waals surface area contributed by atoms with Crippen molar-refractivity contribution in [2.75, 3.05) is 127 Å². The first-order chi connectivity index (χ1) is 54.7. The van der Waals surface area contributed by atoms with Crippen LogP contribution in [0.3, 0.4) is 0 Å². The molecule has 121 heavy (non-hydrogen) atoms. The van der Waals surface area contributed by atoms with E-state index in [0.29, 0.717) is 70.6 Å². The van der Waals surface area contributed by atoms with Crippen LogP contribution in [0.1, 0.15) is 294 Å². The van der Waals surface area contributed by atoms with Crippen molar-refractivity contribution in [2.24, 2.45) is 0 Å². The van der Waals surface area contributed by atoms with Gasteiger partial charge >= 0.3 is 0 Å². The zero-order valence-electron chi connectivity index (χ0n) is 76.6. The molecule has 0 radical (unpaired) electrons. The fourth-order valence-electron chi connectivity index (χ4n) is 7.84. The Bertz CT molecular complexity index is 3330. The van der Waals surface area contributed by atoms with Crippen LogP contribution in [0.25, 0.3) is 0 Å². The van der Waals surface area contributed by atoms with Gasteiger partial charge in [0.25, 0.3) is 0 Å². The minimum absolute atomic E-state index is 0.0101. The van der Waals surface area contributed by atoms with Crippen LogP contribution in [-0.4, -0.2) is 283 Å². The molecule has 0 unspecified atom stereocenters. The van der Waals surface area contributed by atoms with Crippen LogP contribution in [-0.2, 0) is 161 Å². The molecule has 0 saturated carbocycles. The number of rotatable bonds is 55. The molecule has 0 aromatic rings. The lowest BCUT2D eigenvalue weighted by Crippen LogP contribution is -2.12. The van der Waals surface area contributed by atoms with Gasteiger partial charge in [-0.2, -0.15) is 0 Å². The van der Waals surface area contributed by atoms with Crippen LogP contribution in [0.4, 0.5) is 0 Å². The predicted molar refractivity (Wildman–Crippen MR) is 487 cm³/mol. The summed E-state index contributed by atoms with van der Waals surface area (Å²) in [6.45, 7) is 35.4. The molecule has 44 heteroatoms. The molecule has 0 aromatic carbocycles. The first-order valence-electron chi connectivity index (χ1n) is 40.4. The third-order valence-corrected chi connectivity index (χ3v) is 34.5. The summed E-state index contributed by atoms with van der Waals surface area (Å²) in [6.07, 6.45) is 8.58. The highest BCUT2D eigenvalue weighted by Crippen LogP contribution is 2.05.